The standard InChI is InChI=1S/C20H26N2O3/c1-14(8-9-15-6-4-3-5-7-15)22-13-19(24)16-10-11-18(23)17(12-16)20(25)21-2/h3-7,10-12,14,19,22-24H,8-9,13H2,1-2H3,(H,21,25). The molecule has 0 aromatic heterocycles. The number of hydrogen-bond acceptors (Lipinski definition) is 4. The van der Waals surface area contributed by atoms with E-state index in [1.165, 1.54) is 24.7 Å². The number of aromatic hydroxyl groups is 1. The van der Waals surface area contributed by atoms with Gasteiger partial charge in [0.25, 0.3) is 5.91 Å². The van der Waals surface area contributed by atoms with Crippen LogP contribution < -0.4 is 10.6 Å². The smallest absolute Gasteiger partial charge is 0.254 e. The minimum absolute atomic E-state index is 0.0977. The lowest BCUT2D eigenvalue weighted by Gasteiger charge is -2.18. The Kier molecular flexibility index (Phi) is 6.98. The summed E-state index contributed by atoms with van der Waals surface area (Å²) in [7, 11) is 1.50. The topological polar surface area (TPSA) is 81.6 Å². The number of carbonyl (C=O) groups excluding carboxylic acids is 1. The van der Waals surface area contributed by atoms with Gasteiger partial charge < -0.3 is 20.8 Å². The van der Waals surface area contributed by atoms with E-state index >= 15 is 0 Å². The molecule has 134 valence electrons. The van der Waals surface area contributed by atoms with Crippen molar-refractivity contribution in [1.82, 2.24) is 10.6 Å². The van der Waals surface area contributed by atoms with Crippen LogP contribution in [-0.4, -0.2) is 35.8 Å². The number of aryl methyl sites for hydroxylation is 1. The molecule has 2 atom stereocenters. The first-order valence-corrected chi connectivity index (χ1v) is 8.51. The van der Waals surface area contributed by atoms with Crippen LogP contribution in [0.15, 0.2) is 48.5 Å². The Morgan fingerprint density at radius 2 is 1.88 bits per heavy atom. The summed E-state index contributed by atoms with van der Waals surface area (Å²) in [6.45, 7) is 2.47. The molecule has 0 heterocycles. The van der Waals surface area contributed by atoms with Gasteiger partial charge in [-0.15, -0.1) is 0 Å². The molecule has 0 spiro atoms. The summed E-state index contributed by atoms with van der Waals surface area (Å²) >= 11 is 0. The second kappa shape index (κ2) is 9.20. The molecule has 2 unspecified atom stereocenters. The van der Waals surface area contributed by atoms with E-state index in [0.29, 0.717) is 12.1 Å². The van der Waals surface area contributed by atoms with E-state index in [1.54, 1.807) is 6.07 Å². The van der Waals surface area contributed by atoms with Gasteiger partial charge >= 0.3 is 0 Å². The Morgan fingerprint density at radius 1 is 1.16 bits per heavy atom. The third-order valence-corrected chi connectivity index (χ3v) is 4.25. The van der Waals surface area contributed by atoms with Crippen molar-refractivity contribution in [3.05, 3.63) is 65.2 Å². The third-order valence-electron chi connectivity index (χ3n) is 4.25. The van der Waals surface area contributed by atoms with Crippen LogP contribution in [0.2, 0.25) is 0 Å². The second-order valence-corrected chi connectivity index (χ2v) is 6.21. The predicted molar refractivity (Wildman–Crippen MR) is 98.7 cm³/mol. The number of phenolic OH excluding ortho intramolecular Hbond substituents is 1. The number of nitrogens with one attached hydrogen (secondary N) is 2. The summed E-state index contributed by atoms with van der Waals surface area (Å²) in [5, 5.41) is 25.9. The average Bonchev–Trinajstić information content (AvgIpc) is 2.65. The van der Waals surface area contributed by atoms with Crippen molar-refractivity contribution >= 4 is 5.91 Å². The van der Waals surface area contributed by atoms with Gasteiger partial charge in [-0.1, -0.05) is 36.4 Å². The maximum absolute atomic E-state index is 11.7. The van der Waals surface area contributed by atoms with Gasteiger partial charge in [0.05, 0.1) is 11.7 Å². The van der Waals surface area contributed by atoms with Crippen molar-refractivity contribution < 1.29 is 15.0 Å². The molecule has 2 aromatic rings. The highest BCUT2D eigenvalue weighted by atomic mass is 16.3. The van der Waals surface area contributed by atoms with Crippen LogP contribution in [0.1, 0.15) is 40.9 Å². The number of carbonyl (C=O) groups is 1. The molecule has 0 fully saturated rings. The summed E-state index contributed by atoms with van der Waals surface area (Å²) in [5.41, 5.74) is 2.06. The first-order valence-electron chi connectivity index (χ1n) is 8.51. The molecule has 2 aromatic carbocycles. The van der Waals surface area contributed by atoms with Crippen LogP contribution in [0.25, 0.3) is 0 Å². The molecule has 0 aliphatic rings. The Labute approximate surface area is 148 Å². The van der Waals surface area contributed by atoms with E-state index in [0.717, 1.165) is 12.8 Å². The molecular weight excluding hydrogens is 316 g/mol. The molecule has 0 aliphatic heterocycles. The molecule has 5 nitrogen and oxygen atoms in total. The van der Waals surface area contributed by atoms with Gasteiger partial charge in [-0.2, -0.15) is 0 Å². The van der Waals surface area contributed by atoms with Gasteiger partial charge in [0.15, 0.2) is 0 Å². The van der Waals surface area contributed by atoms with Gasteiger partial charge in [0, 0.05) is 19.6 Å². The highest BCUT2D eigenvalue weighted by Gasteiger charge is 2.15. The fourth-order valence-corrected chi connectivity index (χ4v) is 2.64. The first kappa shape index (κ1) is 19.0. The zero-order valence-corrected chi connectivity index (χ0v) is 14.7. The van der Waals surface area contributed by atoms with Gasteiger partial charge in [-0.05, 0) is 43.0 Å². The summed E-state index contributed by atoms with van der Waals surface area (Å²) < 4.78 is 0. The lowest BCUT2D eigenvalue weighted by Crippen LogP contribution is -2.31. The number of aliphatic hydroxyl groups is 1. The van der Waals surface area contributed by atoms with Gasteiger partial charge in [0.1, 0.15) is 5.75 Å². The number of amides is 1. The van der Waals surface area contributed by atoms with Crippen molar-refractivity contribution in [2.24, 2.45) is 0 Å². The lowest BCUT2D eigenvalue weighted by atomic mass is 10.0. The zero-order chi connectivity index (χ0) is 18.2. The van der Waals surface area contributed by atoms with Crippen LogP contribution in [0.5, 0.6) is 5.75 Å². The summed E-state index contributed by atoms with van der Waals surface area (Å²) in [5.74, 6) is -0.477. The van der Waals surface area contributed by atoms with Crippen molar-refractivity contribution in [3.63, 3.8) is 0 Å². The highest BCUT2D eigenvalue weighted by Crippen LogP contribution is 2.22. The second-order valence-electron chi connectivity index (χ2n) is 6.21. The van der Waals surface area contributed by atoms with Gasteiger partial charge in [0.2, 0.25) is 0 Å². The molecule has 0 aliphatic carbocycles. The van der Waals surface area contributed by atoms with Crippen LogP contribution in [-0.2, 0) is 6.42 Å². The lowest BCUT2D eigenvalue weighted by molar-refractivity contribution is 0.0960. The van der Waals surface area contributed by atoms with Crippen molar-refractivity contribution in [3.8, 4) is 5.75 Å². The first-order chi connectivity index (χ1) is 12.0. The summed E-state index contributed by atoms with van der Waals surface area (Å²) in [4.78, 5) is 11.7. The minimum Gasteiger partial charge on any atom is -0.507 e. The molecule has 25 heavy (non-hydrogen) atoms. The minimum atomic E-state index is -0.747. The average molecular weight is 342 g/mol. The molecule has 4 N–H and O–H groups in total. The van der Waals surface area contributed by atoms with Gasteiger partial charge in [-0.25, -0.2) is 0 Å². The van der Waals surface area contributed by atoms with E-state index in [-0.39, 0.29) is 23.3 Å². The number of aliphatic hydroxyl groups excluding tert-OH is 1. The molecule has 1 amide bonds. The van der Waals surface area contributed by atoms with Crippen LogP contribution in [0, 0.1) is 0 Å². The quantitative estimate of drug-likeness (QED) is 0.594. The predicted octanol–water partition coefficient (Wildman–Crippen LogP) is 2.40. The largest absolute Gasteiger partial charge is 0.507 e. The van der Waals surface area contributed by atoms with Crippen LogP contribution >= 0.6 is 0 Å². The molecule has 0 bridgehead atoms. The molecule has 5 heteroatoms. The highest BCUT2D eigenvalue weighted by molar-refractivity contribution is 5.96. The van der Waals surface area contributed by atoms with Crippen molar-refractivity contribution in [1.29, 1.82) is 0 Å². The normalized spacial score (nSPS) is 13.2. The summed E-state index contributed by atoms with van der Waals surface area (Å²) in [6, 6.07) is 15.1. The fraction of sp³-hybridized carbons (Fsp3) is 0.350. The van der Waals surface area contributed by atoms with Crippen molar-refractivity contribution in [2.75, 3.05) is 13.6 Å². The molecule has 2 rings (SSSR count). The van der Waals surface area contributed by atoms with E-state index < -0.39 is 6.10 Å². The molecule has 0 saturated carbocycles. The number of rotatable bonds is 8. The Hall–Kier alpha value is -2.37. The maximum atomic E-state index is 11.7. The Balaban J connectivity index is 1.87. The zero-order valence-electron chi connectivity index (χ0n) is 14.7. The maximum Gasteiger partial charge on any atom is 0.254 e. The number of benzene rings is 2. The molecule has 0 radical (unpaired) electrons. The van der Waals surface area contributed by atoms with Crippen LogP contribution in [0.4, 0.5) is 0 Å². The van der Waals surface area contributed by atoms with E-state index in [4.69, 9.17) is 0 Å². The molecular formula is C20H26N2O3. The van der Waals surface area contributed by atoms with Gasteiger partial charge in [-0.3, -0.25) is 4.79 Å². The third kappa shape index (κ3) is 5.59. The van der Waals surface area contributed by atoms with Crippen LogP contribution in [0.3, 0.4) is 0 Å². The number of hydrogen-bond donors (Lipinski definition) is 4. The van der Waals surface area contributed by atoms with Crippen molar-refractivity contribution in [2.45, 2.75) is 31.9 Å². The van der Waals surface area contributed by atoms with E-state index in [2.05, 4.69) is 29.7 Å². The Bertz CT molecular complexity index is 689. The molecule has 0 saturated heterocycles. The number of phenols is 1. The van der Waals surface area contributed by atoms with E-state index in [9.17, 15) is 15.0 Å². The monoisotopic (exact) mass is 342 g/mol. The van der Waals surface area contributed by atoms with E-state index in [1.807, 2.05) is 18.2 Å². The SMILES string of the molecule is CNC(=O)c1cc(C(O)CNC(C)CCc2ccccc2)ccc1O. The Morgan fingerprint density at radius 3 is 2.56 bits per heavy atom. The fourth-order valence-electron chi connectivity index (χ4n) is 2.64. The summed E-state index contributed by atoms with van der Waals surface area (Å²) in [6.07, 6.45) is 1.20.